The maximum atomic E-state index is 12.8. The number of hydrogen-bond donors (Lipinski definition) is 4. The molecule has 11 heteroatoms. The fourth-order valence-electron chi connectivity index (χ4n) is 3.67. The summed E-state index contributed by atoms with van der Waals surface area (Å²) in [4.78, 5) is 53.6. The summed E-state index contributed by atoms with van der Waals surface area (Å²) in [5.41, 5.74) is 2.10. The first-order valence-electron chi connectivity index (χ1n) is 12.7. The van der Waals surface area contributed by atoms with Crippen molar-refractivity contribution in [3.8, 4) is 0 Å². The van der Waals surface area contributed by atoms with Gasteiger partial charge in [0.05, 0.1) is 13.0 Å². The van der Waals surface area contributed by atoms with Gasteiger partial charge in [-0.2, -0.15) is 0 Å². The molecular weight excluding hydrogens is 518 g/mol. The van der Waals surface area contributed by atoms with Crippen molar-refractivity contribution in [3.05, 3.63) is 82.9 Å². The van der Waals surface area contributed by atoms with E-state index >= 15 is 0 Å². The van der Waals surface area contributed by atoms with Gasteiger partial charge in [-0.1, -0.05) is 60.7 Å². The molecule has 0 aliphatic carbocycles. The Bertz CT molecular complexity index is 1220. The van der Waals surface area contributed by atoms with Gasteiger partial charge in [0.15, 0.2) is 5.13 Å². The molecule has 4 N–H and O–H groups in total. The smallest absolute Gasteiger partial charge is 0.321 e. The molecule has 39 heavy (non-hydrogen) atoms. The second kappa shape index (κ2) is 15.9. The monoisotopic (exact) mass is 551 g/mol. The highest BCUT2D eigenvalue weighted by atomic mass is 32.1. The summed E-state index contributed by atoms with van der Waals surface area (Å²) in [6.45, 7) is 2.98. The minimum absolute atomic E-state index is 0.0319. The summed E-state index contributed by atoms with van der Waals surface area (Å²) < 4.78 is 5.02. The molecule has 0 saturated heterocycles. The number of esters is 1. The van der Waals surface area contributed by atoms with Crippen molar-refractivity contribution in [1.29, 1.82) is 0 Å². The number of amides is 4. The molecule has 3 aromatic rings. The summed E-state index contributed by atoms with van der Waals surface area (Å²) in [6.07, 6.45) is 0.840. The molecule has 1 aromatic heterocycles. The van der Waals surface area contributed by atoms with Gasteiger partial charge >= 0.3 is 12.0 Å². The number of urea groups is 1. The van der Waals surface area contributed by atoms with Crippen molar-refractivity contribution < 1.29 is 23.9 Å². The molecule has 0 fully saturated rings. The Hall–Kier alpha value is -4.25. The standard InChI is InChI=1S/C28H33N5O5S/c1-2-38-24(34)16-22(25(35)30-17-20-10-5-3-6-11-20)14-9-15-29-26(36)23-19-39-28(32-23)33-27(37)31-18-21-12-7-4-8-13-21/h3-8,10-13,19,22H,2,9,14-18H2,1H3,(H,29,36)(H,30,35)(H2,31,32,33,37). The summed E-state index contributed by atoms with van der Waals surface area (Å²) in [5, 5.41) is 12.9. The van der Waals surface area contributed by atoms with Gasteiger partial charge in [-0.05, 0) is 30.9 Å². The van der Waals surface area contributed by atoms with Crippen LogP contribution < -0.4 is 21.3 Å². The molecule has 1 heterocycles. The molecule has 1 unspecified atom stereocenters. The Kier molecular flexibility index (Phi) is 11.9. The Balaban J connectivity index is 1.42. The molecule has 0 aliphatic rings. The third-order valence-electron chi connectivity index (χ3n) is 5.67. The third kappa shape index (κ3) is 10.6. The van der Waals surface area contributed by atoms with E-state index in [1.165, 1.54) is 0 Å². The number of carbonyl (C=O) groups excluding carboxylic acids is 4. The largest absolute Gasteiger partial charge is 0.466 e. The van der Waals surface area contributed by atoms with Crippen molar-refractivity contribution in [1.82, 2.24) is 20.9 Å². The molecule has 10 nitrogen and oxygen atoms in total. The molecule has 1 atom stereocenters. The maximum Gasteiger partial charge on any atom is 0.321 e. The summed E-state index contributed by atoms with van der Waals surface area (Å²) in [5.74, 6) is -1.63. The summed E-state index contributed by atoms with van der Waals surface area (Å²) in [7, 11) is 0. The van der Waals surface area contributed by atoms with Crippen molar-refractivity contribution in [2.24, 2.45) is 5.92 Å². The van der Waals surface area contributed by atoms with E-state index < -0.39 is 17.9 Å². The molecule has 0 spiro atoms. The minimum atomic E-state index is -0.575. The zero-order valence-electron chi connectivity index (χ0n) is 21.8. The van der Waals surface area contributed by atoms with E-state index in [-0.39, 0.29) is 30.5 Å². The molecule has 206 valence electrons. The normalized spacial score (nSPS) is 11.2. The van der Waals surface area contributed by atoms with Crippen LogP contribution in [-0.2, 0) is 27.4 Å². The molecular formula is C28H33N5O5S. The number of aromatic nitrogens is 1. The van der Waals surface area contributed by atoms with Gasteiger partial charge in [-0.25, -0.2) is 9.78 Å². The van der Waals surface area contributed by atoms with E-state index in [2.05, 4.69) is 26.3 Å². The van der Waals surface area contributed by atoms with Gasteiger partial charge in [0.25, 0.3) is 5.91 Å². The van der Waals surface area contributed by atoms with Gasteiger partial charge in [0.1, 0.15) is 5.69 Å². The number of ether oxygens (including phenoxy) is 1. The van der Waals surface area contributed by atoms with E-state index in [0.717, 1.165) is 22.5 Å². The first-order valence-corrected chi connectivity index (χ1v) is 13.6. The average molecular weight is 552 g/mol. The van der Waals surface area contributed by atoms with E-state index in [1.807, 2.05) is 60.7 Å². The van der Waals surface area contributed by atoms with Crippen molar-refractivity contribution in [3.63, 3.8) is 0 Å². The fourth-order valence-corrected chi connectivity index (χ4v) is 4.36. The second-order valence-corrected chi connectivity index (χ2v) is 9.50. The Labute approximate surface area is 231 Å². The Morgan fingerprint density at radius 3 is 2.18 bits per heavy atom. The molecule has 0 aliphatic heterocycles. The van der Waals surface area contributed by atoms with Crippen LogP contribution in [-0.4, -0.2) is 42.0 Å². The second-order valence-electron chi connectivity index (χ2n) is 8.64. The number of rotatable bonds is 14. The van der Waals surface area contributed by atoms with Gasteiger partial charge in [0.2, 0.25) is 5.91 Å². The van der Waals surface area contributed by atoms with E-state index in [4.69, 9.17) is 4.74 Å². The number of hydrogen-bond acceptors (Lipinski definition) is 7. The van der Waals surface area contributed by atoms with Crippen LogP contribution in [0, 0.1) is 5.92 Å². The lowest BCUT2D eigenvalue weighted by Crippen LogP contribution is -2.33. The molecule has 0 saturated carbocycles. The number of nitrogens with one attached hydrogen (secondary N) is 4. The van der Waals surface area contributed by atoms with Crippen LogP contribution in [0.2, 0.25) is 0 Å². The first-order chi connectivity index (χ1) is 18.9. The lowest BCUT2D eigenvalue weighted by atomic mass is 9.98. The quantitative estimate of drug-likeness (QED) is 0.177. The van der Waals surface area contributed by atoms with Gasteiger partial charge in [-0.3, -0.25) is 19.7 Å². The lowest BCUT2D eigenvalue weighted by Gasteiger charge is -2.16. The number of thiazole rings is 1. The van der Waals surface area contributed by atoms with Gasteiger partial charge in [0, 0.05) is 30.9 Å². The fraction of sp³-hybridized carbons (Fsp3) is 0.321. The maximum absolute atomic E-state index is 12.8. The molecule has 4 amide bonds. The zero-order valence-corrected chi connectivity index (χ0v) is 22.6. The molecule has 0 radical (unpaired) electrons. The van der Waals surface area contributed by atoms with E-state index in [0.29, 0.717) is 37.6 Å². The van der Waals surface area contributed by atoms with Crippen molar-refractivity contribution >= 4 is 40.3 Å². The minimum Gasteiger partial charge on any atom is -0.466 e. The molecule has 3 rings (SSSR count). The van der Waals surface area contributed by atoms with Crippen LogP contribution in [0.3, 0.4) is 0 Å². The Morgan fingerprint density at radius 2 is 1.54 bits per heavy atom. The first kappa shape index (κ1) is 29.3. The highest BCUT2D eigenvalue weighted by Gasteiger charge is 2.22. The van der Waals surface area contributed by atoms with Crippen LogP contribution in [0.1, 0.15) is 47.8 Å². The third-order valence-corrected chi connectivity index (χ3v) is 6.42. The van der Waals surface area contributed by atoms with E-state index in [1.54, 1.807) is 12.3 Å². The topological polar surface area (TPSA) is 139 Å². The van der Waals surface area contributed by atoms with Crippen LogP contribution in [0.15, 0.2) is 66.0 Å². The van der Waals surface area contributed by atoms with Gasteiger partial charge < -0.3 is 20.7 Å². The highest BCUT2D eigenvalue weighted by Crippen LogP contribution is 2.16. The van der Waals surface area contributed by atoms with Crippen molar-refractivity contribution in [2.75, 3.05) is 18.5 Å². The molecule has 2 aromatic carbocycles. The van der Waals surface area contributed by atoms with Crippen molar-refractivity contribution in [2.45, 2.75) is 39.3 Å². The summed E-state index contributed by atoms with van der Waals surface area (Å²) in [6, 6.07) is 18.6. The predicted molar refractivity (Wildman–Crippen MR) is 149 cm³/mol. The van der Waals surface area contributed by atoms with Gasteiger partial charge in [-0.15, -0.1) is 11.3 Å². The average Bonchev–Trinajstić information content (AvgIpc) is 3.42. The van der Waals surface area contributed by atoms with Crippen LogP contribution in [0.4, 0.5) is 9.93 Å². The highest BCUT2D eigenvalue weighted by molar-refractivity contribution is 7.14. The van der Waals surface area contributed by atoms with Crippen LogP contribution in [0.5, 0.6) is 0 Å². The lowest BCUT2D eigenvalue weighted by molar-refractivity contribution is -0.146. The predicted octanol–water partition coefficient (Wildman–Crippen LogP) is 3.86. The van der Waals surface area contributed by atoms with Crippen LogP contribution >= 0.6 is 11.3 Å². The number of benzene rings is 2. The number of nitrogens with zero attached hydrogens (tertiary/aromatic N) is 1. The number of anilines is 1. The molecule has 0 bridgehead atoms. The Morgan fingerprint density at radius 1 is 0.897 bits per heavy atom. The van der Waals surface area contributed by atoms with E-state index in [9.17, 15) is 19.2 Å². The SMILES string of the molecule is CCOC(=O)CC(CCCNC(=O)c1csc(NC(=O)NCc2ccccc2)n1)C(=O)NCc1ccccc1. The van der Waals surface area contributed by atoms with Crippen LogP contribution in [0.25, 0.3) is 0 Å². The number of carbonyl (C=O) groups is 4. The zero-order chi connectivity index (χ0) is 27.9. The summed E-state index contributed by atoms with van der Waals surface area (Å²) >= 11 is 1.14.